The lowest BCUT2D eigenvalue weighted by atomic mass is 9.89. The van der Waals surface area contributed by atoms with Crippen LogP contribution in [0.3, 0.4) is 0 Å². The number of H-pyrrole nitrogens is 1. The Morgan fingerprint density at radius 3 is 2.41 bits per heavy atom. The van der Waals surface area contributed by atoms with Crippen molar-refractivity contribution in [3.63, 3.8) is 0 Å². The first kappa shape index (κ1) is 22.1. The predicted octanol–water partition coefficient (Wildman–Crippen LogP) is 4.92. The first-order valence-electron chi connectivity index (χ1n) is 11.3. The molecular weight excluding hydrogens is 404 g/mol. The van der Waals surface area contributed by atoms with Crippen LogP contribution in [-0.2, 0) is 11.2 Å². The Labute approximate surface area is 189 Å². The first-order valence-corrected chi connectivity index (χ1v) is 11.3. The Kier molecular flexibility index (Phi) is 6.88. The number of hydrogen-bond acceptors (Lipinski definition) is 4. The summed E-state index contributed by atoms with van der Waals surface area (Å²) >= 11 is 0. The van der Waals surface area contributed by atoms with E-state index < -0.39 is 0 Å². The third-order valence-corrected chi connectivity index (χ3v) is 6.51. The molecule has 1 fully saturated rings. The summed E-state index contributed by atoms with van der Waals surface area (Å²) in [5.74, 6) is 2.68. The third kappa shape index (κ3) is 4.40. The minimum Gasteiger partial charge on any atom is -0.493 e. The largest absolute Gasteiger partial charge is 0.493 e. The number of aromatic amines is 1. The quantitative estimate of drug-likeness (QED) is 0.544. The van der Waals surface area contributed by atoms with Crippen LogP contribution in [0, 0.1) is 0 Å². The van der Waals surface area contributed by atoms with Crippen LogP contribution in [0.5, 0.6) is 17.2 Å². The summed E-state index contributed by atoms with van der Waals surface area (Å²) in [5.41, 5.74) is 3.44. The summed E-state index contributed by atoms with van der Waals surface area (Å²) in [6.07, 6.45) is 6.20. The summed E-state index contributed by atoms with van der Waals surface area (Å²) in [5, 5.41) is 0.987. The molecule has 0 aliphatic carbocycles. The van der Waals surface area contributed by atoms with Crippen molar-refractivity contribution in [2.45, 2.75) is 38.0 Å². The Morgan fingerprint density at radius 1 is 1.03 bits per heavy atom. The van der Waals surface area contributed by atoms with Crippen LogP contribution in [0.15, 0.2) is 42.6 Å². The number of aryl methyl sites for hydroxylation is 1. The third-order valence-electron chi connectivity index (χ3n) is 6.51. The normalized spacial score (nSPS) is 14.5. The number of fused-ring (bicyclic) bond motifs is 1. The topological polar surface area (TPSA) is 63.8 Å². The van der Waals surface area contributed by atoms with Crippen LogP contribution in [0.1, 0.15) is 42.7 Å². The zero-order valence-corrected chi connectivity index (χ0v) is 19.1. The van der Waals surface area contributed by atoms with Crippen molar-refractivity contribution in [2.24, 2.45) is 0 Å². The minimum absolute atomic E-state index is 0.252. The van der Waals surface area contributed by atoms with Crippen molar-refractivity contribution in [3.05, 3.63) is 53.7 Å². The van der Waals surface area contributed by atoms with E-state index in [0.29, 0.717) is 29.6 Å². The molecule has 0 spiro atoms. The van der Waals surface area contributed by atoms with Crippen LogP contribution >= 0.6 is 0 Å². The van der Waals surface area contributed by atoms with Crippen molar-refractivity contribution >= 4 is 16.8 Å². The molecule has 4 rings (SSSR count). The number of carbonyl (C=O) groups is 1. The monoisotopic (exact) mass is 436 g/mol. The number of carbonyl (C=O) groups excluding carboxylic acids is 1. The van der Waals surface area contributed by atoms with E-state index in [1.165, 1.54) is 5.56 Å². The van der Waals surface area contributed by atoms with Crippen molar-refractivity contribution in [3.8, 4) is 17.2 Å². The molecule has 0 atom stereocenters. The molecule has 1 aliphatic heterocycles. The van der Waals surface area contributed by atoms with Gasteiger partial charge in [0.2, 0.25) is 11.7 Å². The highest BCUT2D eigenvalue weighted by atomic mass is 16.5. The van der Waals surface area contributed by atoms with Gasteiger partial charge in [0.15, 0.2) is 11.5 Å². The van der Waals surface area contributed by atoms with Gasteiger partial charge >= 0.3 is 0 Å². The van der Waals surface area contributed by atoms with Crippen molar-refractivity contribution in [1.29, 1.82) is 0 Å². The van der Waals surface area contributed by atoms with E-state index in [9.17, 15) is 4.79 Å². The van der Waals surface area contributed by atoms with E-state index in [-0.39, 0.29) is 5.91 Å². The summed E-state index contributed by atoms with van der Waals surface area (Å²) in [4.78, 5) is 18.1. The molecule has 0 saturated carbocycles. The van der Waals surface area contributed by atoms with Crippen LogP contribution in [0.25, 0.3) is 10.9 Å². The fourth-order valence-electron chi connectivity index (χ4n) is 4.80. The van der Waals surface area contributed by atoms with Gasteiger partial charge in [-0.25, -0.2) is 0 Å². The standard InChI is InChI=1S/C26H32N2O4/c1-30-22-16-21-24(26(32-3)25(22)31-2)20(17-27-21)10-7-11-23(29)28-14-12-19(13-15-28)18-8-5-4-6-9-18/h4-6,8-9,16-17,19,27H,7,10-15H2,1-3H3. The van der Waals surface area contributed by atoms with E-state index in [4.69, 9.17) is 14.2 Å². The molecule has 3 aromatic rings. The minimum atomic E-state index is 0.252. The Balaban J connectivity index is 1.36. The van der Waals surface area contributed by atoms with Crippen molar-refractivity contribution in [2.75, 3.05) is 34.4 Å². The van der Waals surface area contributed by atoms with Gasteiger partial charge < -0.3 is 24.1 Å². The number of nitrogens with zero attached hydrogens (tertiary/aromatic N) is 1. The molecule has 1 N–H and O–H groups in total. The van der Waals surface area contributed by atoms with Gasteiger partial charge in [-0.05, 0) is 42.7 Å². The van der Waals surface area contributed by atoms with Crippen molar-refractivity contribution < 1.29 is 19.0 Å². The molecule has 0 radical (unpaired) electrons. The van der Waals surface area contributed by atoms with Gasteiger partial charge in [0.25, 0.3) is 0 Å². The van der Waals surface area contributed by atoms with Gasteiger partial charge in [0, 0.05) is 37.2 Å². The Bertz CT molecular complexity index is 1050. The number of likely N-dealkylation sites (tertiary alicyclic amines) is 1. The number of hydrogen-bond donors (Lipinski definition) is 1. The van der Waals surface area contributed by atoms with Gasteiger partial charge in [-0.15, -0.1) is 0 Å². The molecule has 6 nitrogen and oxygen atoms in total. The van der Waals surface area contributed by atoms with E-state index in [2.05, 4.69) is 35.3 Å². The number of ether oxygens (including phenoxy) is 3. The molecule has 6 heteroatoms. The Hall–Kier alpha value is -3.15. The molecule has 0 bridgehead atoms. The number of aromatic nitrogens is 1. The number of rotatable bonds is 8. The second-order valence-corrected chi connectivity index (χ2v) is 8.30. The molecule has 2 heterocycles. The van der Waals surface area contributed by atoms with E-state index in [1.54, 1.807) is 21.3 Å². The Morgan fingerprint density at radius 2 is 1.75 bits per heavy atom. The van der Waals surface area contributed by atoms with Crippen LogP contribution in [0.2, 0.25) is 0 Å². The summed E-state index contributed by atoms with van der Waals surface area (Å²) in [7, 11) is 4.86. The van der Waals surface area contributed by atoms with E-state index in [0.717, 1.165) is 55.2 Å². The first-order chi connectivity index (χ1) is 15.7. The average Bonchev–Trinajstić information content (AvgIpc) is 3.25. The van der Waals surface area contributed by atoms with Crippen LogP contribution in [0.4, 0.5) is 0 Å². The number of piperidine rings is 1. The van der Waals surface area contributed by atoms with E-state index in [1.807, 2.05) is 17.2 Å². The number of methoxy groups -OCH3 is 3. The summed E-state index contributed by atoms with van der Waals surface area (Å²) in [6, 6.07) is 12.6. The SMILES string of the molecule is COc1cc2[nH]cc(CCCC(=O)N3CCC(c4ccccc4)CC3)c2c(OC)c1OC. The predicted molar refractivity (Wildman–Crippen MR) is 126 cm³/mol. The second-order valence-electron chi connectivity index (χ2n) is 8.30. The molecular formula is C26H32N2O4. The molecule has 1 saturated heterocycles. The molecule has 1 aliphatic rings. The van der Waals surface area contributed by atoms with Gasteiger partial charge in [-0.2, -0.15) is 0 Å². The van der Waals surface area contributed by atoms with Gasteiger partial charge in [0.1, 0.15) is 0 Å². The highest BCUT2D eigenvalue weighted by molar-refractivity contribution is 5.94. The fourth-order valence-corrected chi connectivity index (χ4v) is 4.80. The van der Waals surface area contributed by atoms with Crippen LogP contribution < -0.4 is 14.2 Å². The zero-order valence-electron chi connectivity index (χ0n) is 19.1. The lowest BCUT2D eigenvalue weighted by Crippen LogP contribution is -2.37. The molecule has 1 aromatic heterocycles. The average molecular weight is 437 g/mol. The summed E-state index contributed by atoms with van der Waals surface area (Å²) < 4.78 is 16.6. The highest BCUT2D eigenvalue weighted by Crippen LogP contribution is 2.44. The molecule has 1 amide bonds. The molecule has 0 unspecified atom stereocenters. The lowest BCUT2D eigenvalue weighted by molar-refractivity contribution is -0.132. The van der Waals surface area contributed by atoms with Crippen molar-refractivity contribution in [1.82, 2.24) is 9.88 Å². The molecule has 2 aromatic carbocycles. The second kappa shape index (κ2) is 9.98. The van der Waals surface area contributed by atoms with Crippen LogP contribution in [-0.4, -0.2) is 50.2 Å². The maximum absolute atomic E-state index is 12.8. The zero-order chi connectivity index (χ0) is 22.5. The number of amides is 1. The van der Waals surface area contributed by atoms with Gasteiger partial charge in [0.05, 0.1) is 26.8 Å². The molecule has 32 heavy (non-hydrogen) atoms. The smallest absolute Gasteiger partial charge is 0.222 e. The lowest BCUT2D eigenvalue weighted by Gasteiger charge is -2.32. The fraction of sp³-hybridized carbons (Fsp3) is 0.423. The van der Waals surface area contributed by atoms with E-state index >= 15 is 0 Å². The summed E-state index contributed by atoms with van der Waals surface area (Å²) in [6.45, 7) is 1.69. The maximum atomic E-state index is 12.8. The van der Waals surface area contributed by atoms with Gasteiger partial charge in [-0.3, -0.25) is 4.79 Å². The highest BCUT2D eigenvalue weighted by Gasteiger charge is 2.24. The number of benzene rings is 2. The number of nitrogens with one attached hydrogen (secondary N) is 1. The molecule has 170 valence electrons. The van der Waals surface area contributed by atoms with Gasteiger partial charge in [-0.1, -0.05) is 30.3 Å². The maximum Gasteiger partial charge on any atom is 0.222 e.